The van der Waals surface area contributed by atoms with E-state index in [-0.39, 0.29) is 11.9 Å². The second-order valence-corrected chi connectivity index (χ2v) is 3.58. The van der Waals surface area contributed by atoms with Crippen LogP contribution >= 0.6 is 0 Å². The van der Waals surface area contributed by atoms with Gasteiger partial charge in [-0.1, -0.05) is 6.92 Å². The van der Waals surface area contributed by atoms with Gasteiger partial charge in [0.1, 0.15) is 0 Å². The third kappa shape index (κ3) is 4.85. The number of hydrogen-bond acceptors (Lipinski definition) is 3. The predicted molar refractivity (Wildman–Crippen MR) is 52.4 cm³/mol. The molecule has 0 saturated carbocycles. The average molecular weight is 188 g/mol. The fourth-order valence-corrected chi connectivity index (χ4v) is 0.687. The molecule has 0 aliphatic carbocycles. The van der Waals surface area contributed by atoms with Gasteiger partial charge in [-0.05, 0) is 27.3 Å². The van der Waals surface area contributed by atoms with E-state index in [1.165, 1.54) is 0 Å². The molecule has 4 heteroatoms. The molecule has 1 amide bonds. The van der Waals surface area contributed by atoms with E-state index in [1.54, 1.807) is 20.9 Å². The van der Waals surface area contributed by atoms with E-state index < -0.39 is 5.60 Å². The van der Waals surface area contributed by atoms with Crippen molar-refractivity contribution in [2.45, 2.75) is 38.8 Å². The minimum absolute atomic E-state index is 0.0868. The Morgan fingerprint density at radius 1 is 1.62 bits per heavy atom. The SMILES string of the molecule is CCC(C)(O)CNC(=O)C(C)NC. The molecule has 0 bridgehead atoms. The van der Waals surface area contributed by atoms with Crippen molar-refractivity contribution in [3.8, 4) is 0 Å². The number of amides is 1. The third-order valence-electron chi connectivity index (χ3n) is 2.23. The van der Waals surface area contributed by atoms with Gasteiger partial charge < -0.3 is 15.7 Å². The monoisotopic (exact) mass is 188 g/mol. The number of likely N-dealkylation sites (N-methyl/N-ethyl adjacent to an activating group) is 1. The first-order valence-electron chi connectivity index (χ1n) is 4.60. The summed E-state index contributed by atoms with van der Waals surface area (Å²) in [7, 11) is 1.72. The molecule has 0 aromatic heterocycles. The smallest absolute Gasteiger partial charge is 0.236 e. The zero-order chi connectivity index (χ0) is 10.5. The molecular weight excluding hydrogens is 168 g/mol. The molecule has 4 nitrogen and oxygen atoms in total. The van der Waals surface area contributed by atoms with E-state index in [9.17, 15) is 9.90 Å². The molecule has 78 valence electrons. The average Bonchev–Trinajstić information content (AvgIpc) is 2.13. The van der Waals surface area contributed by atoms with Gasteiger partial charge in [-0.3, -0.25) is 4.79 Å². The number of carbonyl (C=O) groups excluding carboxylic acids is 1. The summed E-state index contributed by atoms with van der Waals surface area (Å²) in [4.78, 5) is 11.3. The molecule has 0 heterocycles. The highest BCUT2D eigenvalue weighted by molar-refractivity contribution is 5.81. The molecule has 0 radical (unpaired) electrons. The molecule has 13 heavy (non-hydrogen) atoms. The van der Waals surface area contributed by atoms with E-state index in [2.05, 4.69) is 10.6 Å². The lowest BCUT2D eigenvalue weighted by Crippen LogP contribution is -2.46. The molecule has 0 fully saturated rings. The molecule has 0 aliphatic heterocycles. The Balaban J connectivity index is 3.83. The van der Waals surface area contributed by atoms with Crippen molar-refractivity contribution in [2.24, 2.45) is 0 Å². The number of aliphatic hydroxyl groups is 1. The summed E-state index contributed by atoms with van der Waals surface area (Å²) in [6.07, 6.45) is 0.626. The predicted octanol–water partition coefficient (Wildman–Crippen LogP) is -0.128. The van der Waals surface area contributed by atoms with Crippen LogP contribution in [0.3, 0.4) is 0 Å². The summed E-state index contributed by atoms with van der Waals surface area (Å²) in [5.41, 5.74) is -0.802. The lowest BCUT2D eigenvalue weighted by molar-refractivity contribution is -0.123. The number of carbonyl (C=O) groups is 1. The summed E-state index contributed by atoms with van der Waals surface area (Å²) < 4.78 is 0. The molecule has 0 aromatic carbocycles. The van der Waals surface area contributed by atoms with Crippen LogP contribution in [0, 0.1) is 0 Å². The molecule has 0 aliphatic rings. The lowest BCUT2D eigenvalue weighted by Gasteiger charge is -2.22. The highest BCUT2D eigenvalue weighted by atomic mass is 16.3. The van der Waals surface area contributed by atoms with E-state index in [1.807, 2.05) is 6.92 Å². The van der Waals surface area contributed by atoms with Gasteiger partial charge in [0.25, 0.3) is 0 Å². The van der Waals surface area contributed by atoms with Crippen LogP contribution in [0.2, 0.25) is 0 Å². The maximum atomic E-state index is 11.3. The first-order chi connectivity index (χ1) is 5.93. The number of rotatable bonds is 5. The fraction of sp³-hybridized carbons (Fsp3) is 0.889. The van der Waals surface area contributed by atoms with Crippen molar-refractivity contribution in [1.82, 2.24) is 10.6 Å². The van der Waals surface area contributed by atoms with Crippen molar-refractivity contribution in [3.05, 3.63) is 0 Å². The molecule has 0 aromatic rings. The molecule has 2 atom stereocenters. The largest absolute Gasteiger partial charge is 0.388 e. The van der Waals surface area contributed by atoms with Crippen LogP contribution in [0.15, 0.2) is 0 Å². The Kier molecular flexibility index (Phi) is 4.95. The molecule has 2 unspecified atom stereocenters. The van der Waals surface area contributed by atoms with Gasteiger partial charge in [0.2, 0.25) is 5.91 Å². The van der Waals surface area contributed by atoms with Crippen molar-refractivity contribution in [3.63, 3.8) is 0 Å². The summed E-state index contributed by atoms with van der Waals surface area (Å²) >= 11 is 0. The van der Waals surface area contributed by atoms with Crippen molar-refractivity contribution in [1.29, 1.82) is 0 Å². The number of hydrogen-bond donors (Lipinski definition) is 3. The van der Waals surface area contributed by atoms with Crippen molar-refractivity contribution in [2.75, 3.05) is 13.6 Å². The molecule has 3 N–H and O–H groups in total. The van der Waals surface area contributed by atoms with Crippen molar-refractivity contribution < 1.29 is 9.90 Å². The molecular formula is C9H20N2O2. The van der Waals surface area contributed by atoms with Gasteiger partial charge in [-0.15, -0.1) is 0 Å². The second kappa shape index (κ2) is 5.19. The highest BCUT2D eigenvalue weighted by Crippen LogP contribution is 2.05. The van der Waals surface area contributed by atoms with Gasteiger partial charge in [0, 0.05) is 6.54 Å². The normalized spacial score (nSPS) is 17.6. The summed E-state index contributed by atoms with van der Waals surface area (Å²) in [6.45, 7) is 5.66. The Labute approximate surface area is 79.7 Å². The molecule has 0 rings (SSSR count). The maximum absolute atomic E-state index is 11.3. The first kappa shape index (κ1) is 12.4. The van der Waals surface area contributed by atoms with Gasteiger partial charge in [-0.25, -0.2) is 0 Å². The summed E-state index contributed by atoms with van der Waals surface area (Å²) in [5.74, 6) is -0.0868. The maximum Gasteiger partial charge on any atom is 0.236 e. The van der Waals surface area contributed by atoms with E-state index in [0.29, 0.717) is 13.0 Å². The van der Waals surface area contributed by atoms with E-state index >= 15 is 0 Å². The summed E-state index contributed by atoms with van der Waals surface area (Å²) in [5, 5.41) is 15.1. The summed E-state index contributed by atoms with van der Waals surface area (Å²) in [6, 6.07) is -0.215. The van der Waals surface area contributed by atoms with Crippen LogP contribution in [-0.4, -0.2) is 36.2 Å². The molecule has 0 spiro atoms. The molecule has 0 saturated heterocycles. The lowest BCUT2D eigenvalue weighted by atomic mass is 10.0. The van der Waals surface area contributed by atoms with Crippen LogP contribution in [0.1, 0.15) is 27.2 Å². The fourth-order valence-electron chi connectivity index (χ4n) is 0.687. The second-order valence-electron chi connectivity index (χ2n) is 3.58. The quantitative estimate of drug-likeness (QED) is 0.563. The first-order valence-corrected chi connectivity index (χ1v) is 4.60. The van der Waals surface area contributed by atoms with Gasteiger partial charge in [0.05, 0.1) is 11.6 Å². The zero-order valence-electron chi connectivity index (χ0n) is 8.85. The van der Waals surface area contributed by atoms with Crippen LogP contribution in [0.25, 0.3) is 0 Å². The van der Waals surface area contributed by atoms with Gasteiger partial charge in [-0.2, -0.15) is 0 Å². The third-order valence-corrected chi connectivity index (χ3v) is 2.23. The van der Waals surface area contributed by atoms with Crippen molar-refractivity contribution >= 4 is 5.91 Å². The van der Waals surface area contributed by atoms with Crippen LogP contribution in [0.4, 0.5) is 0 Å². The standard InChI is InChI=1S/C9H20N2O2/c1-5-9(3,13)6-11-8(12)7(2)10-4/h7,10,13H,5-6H2,1-4H3,(H,11,12). The van der Waals surface area contributed by atoms with Gasteiger partial charge >= 0.3 is 0 Å². The topological polar surface area (TPSA) is 61.4 Å². The zero-order valence-corrected chi connectivity index (χ0v) is 8.85. The Bertz CT molecular complexity index is 169. The van der Waals surface area contributed by atoms with Crippen LogP contribution in [-0.2, 0) is 4.79 Å². The Morgan fingerprint density at radius 3 is 2.54 bits per heavy atom. The minimum atomic E-state index is -0.802. The minimum Gasteiger partial charge on any atom is -0.388 e. The van der Waals surface area contributed by atoms with E-state index in [4.69, 9.17) is 0 Å². The Morgan fingerprint density at radius 2 is 2.15 bits per heavy atom. The van der Waals surface area contributed by atoms with Gasteiger partial charge in [0.15, 0.2) is 0 Å². The van der Waals surface area contributed by atoms with E-state index in [0.717, 1.165) is 0 Å². The van der Waals surface area contributed by atoms with Crippen LogP contribution in [0.5, 0.6) is 0 Å². The highest BCUT2D eigenvalue weighted by Gasteiger charge is 2.19. The van der Waals surface area contributed by atoms with Crippen LogP contribution < -0.4 is 10.6 Å². The number of nitrogens with one attached hydrogen (secondary N) is 2. The Hall–Kier alpha value is -0.610.